The quantitative estimate of drug-likeness (QED) is 0.214. The number of phosphoric acid groups is 1. The molecule has 5 N–H and O–H groups in total. The Morgan fingerprint density at radius 1 is 0.977 bits per heavy atom. The maximum Gasteiger partial charge on any atom is 0.469 e. The van der Waals surface area contributed by atoms with Crippen molar-refractivity contribution in [3.05, 3.63) is 11.6 Å². The summed E-state index contributed by atoms with van der Waals surface area (Å²) in [5.74, 6) is 3.10. The normalized spacial score (nSPS) is 45.0. The molecule has 0 unspecified atom stereocenters. The summed E-state index contributed by atoms with van der Waals surface area (Å²) in [4.78, 5) is 32.0. The zero-order valence-electron chi connectivity index (χ0n) is 27.0. The Labute approximate surface area is 262 Å². The molecule has 0 spiro atoms. The molecule has 0 bridgehead atoms. The number of hydrogen-bond acceptors (Lipinski definition) is 8. The molecular formula is C33H55O10P. The van der Waals surface area contributed by atoms with Crippen LogP contribution in [-0.4, -0.2) is 74.3 Å². The van der Waals surface area contributed by atoms with Crippen molar-refractivity contribution < 1.29 is 48.5 Å². The molecule has 11 heteroatoms. The molecule has 0 aromatic carbocycles. The lowest BCUT2D eigenvalue weighted by atomic mass is 9.46. The molecule has 252 valence electrons. The van der Waals surface area contributed by atoms with Crippen molar-refractivity contribution >= 4 is 13.6 Å². The fourth-order valence-electron chi connectivity index (χ4n) is 10.0. The minimum absolute atomic E-state index is 0.0581. The Morgan fingerprint density at radius 3 is 2.39 bits per heavy atom. The molecule has 10 nitrogen and oxygen atoms in total. The Kier molecular flexibility index (Phi) is 10.3. The molecule has 0 aromatic heterocycles. The summed E-state index contributed by atoms with van der Waals surface area (Å²) in [6.45, 7) is 11.1. The molecule has 3 saturated carbocycles. The maximum atomic E-state index is 13.9. The molecule has 0 aromatic rings. The summed E-state index contributed by atoms with van der Waals surface area (Å²) in [6.07, 6.45) is 4.43. The van der Waals surface area contributed by atoms with Crippen molar-refractivity contribution in [3.8, 4) is 0 Å². The Hall–Kier alpha value is -0.680. The van der Waals surface area contributed by atoms with Gasteiger partial charge in [0.15, 0.2) is 12.1 Å². The van der Waals surface area contributed by atoms with Crippen LogP contribution in [0.25, 0.3) is 0 Å². The summed E-state index contributed by atoms with van der Waals surface area (Å²) >= 11 is 0. The predicted molar refractivity (Wildman–Crippen MR) is 163 cm³/mol. The summed E-state index contributed by atoms with van der Waals surface area (Å²) in [6, 6.07) is 0. The largest absolute Gasteiger partial charge is 0.469 e. The number of carbonyl (C=O) groups excluding carboxylic acids is 1. The number of aliphatic hydroxyl groups is 3. The van der Waals surface area contributed by atoms with Crippen LogP contribution in [0.15, 0.2) is 11.6 Å². The molecule has 4 aliphatic carbocycles. The van der Waals surface area contributed by atoms with Gasteiger partial charge in [0.25, 0.3) is 0 Å². The van der Waals surface area contributed by atoms with Gasteiger partial charge in [-0.25, -0.2) is 4.57 Å². The molecule has 44 heavy (non-hydrogen) atoms. The van der Waals surface area contributed by atoms with E-state index in [0.29, 0.717) is 36.5 Å². The zero-order valence-corrected chi connectivity index (χ0v) is 27.9. The highest BCUT2D eigenvalue weighted by Crippen LogP contribution is 2.66. The molecular weight excluding hydrogens is 587 g/mol. The van der Waals surface area contributed by atoms with Gasteiger partial charge in [-0.3, -0.25) is 9.32 Å². The van der Waals surface area contributed by atoms with E-state index in [-0.39, 0.29) is 28.6 Å². The van der Waals surface area contributed by atoms with E-state index in [1.807, 2.05) is 6.08 Å². The minimum Gasteiger partial charge on any atom is -0.387 e. The van der Waals surface area contributed by atoms with E-state index in [4.69, 9.17) is 19.3 Å². The Bertz CT molecular complexity index is 1120. The third-order valence-electron chi connectivity index (χ3n) is 12.5. The summed E-state index contributed by atoms with van der Waals surface area (Å²) < 4.78 is 27.4. The first-order chi connectivity index (χ1) is 20.5. The van der Waals surface area contributed by atoms with Gasteiger partial charge >= 0.3 is 7.82 Å². The predicted octanol–water partition coefficient (Wildman–Crippen LogP) is 4.51. The van der Waals surface area contributed by atoms with E-state index in [1.165, 1.54) is 25.7 Å². The van der Waals surface area contributed by atoms with Crippen molar-refractivity contribution in [2.24, 2.45) is 46.3 Å². The first-order valence-corrected chi connectivity index (χ1v) is 18.4. The van der Waals surface area contributed by atoms with Gasteiger partial charge < -0.3 is 34.6 Å². The molecule has 0 radical (unpaired) electrons. The zero-order chi connectivity index (χ0) is 32.2. The second-order valence-corrected chi connectivity index (χ2v) is 16.8. The lowest BCUT2D eigenvalue weighted by Crippen LogP contribution is -2.60. The number of phosphoric ester groups is 1. The summed E-state index contributed by atoms with van der Waals surface area (Å²) in [5, 5.41) is 31.2. The molecule has 5 aliphatic rings. The third-order valence-corrected chi connectivity index (χ3v) is 13.0. The van der Waals surface area contributed by atoms with Crippen molar-refractivity contribution in [2.45, 2.75) is 136 Å². The molecule has 1 aliphatic heterocycles. The number of fused-ring (bicyclic) bond motifs is 5. The number of carbonyl (C=O) groups is 1. The summed E-state index contributed by atoms with van der Waals surface area (Å²) in [5.41, 5.74) is 1.17. The third kappa shape index (κ3) is 6.67. The van der Waals surface area contributed by atoms with Crippen LogP contribution in [0.5, 0.6) is 0 Å². The van der Waals surface area contributed by atoms with Gasteiger partial charge in [0.05, 0.1) is 12.7 Å². The monoisotopic (exact) mass is 642 g/mol. The number of ketones is 1. The van der Waals surface area contributed by atoms with Gasteiger partial charge in [-0.15, -0.1) is 0 Å². The van der Waals surface area contributed by atoms with Crippen LogP contribution in [0.2, 0.25) is 0 Å². The summed E-state index contributed by atoms with van der Waals surface area (Å²) in [7, 11) is -4.83. The number of hydrogen-bond donors (Lipinski definition) is 5. The van der Waals surface area contributed by atoms with E-state index in [1.54, 1.807) is 0 Å². The smallest absolute Gasteiger partial charge is 0.387 e. The average Bonchev–Trinajstić information content (AvgIpc) is 3.30. The van der Waals surface area contributed by atoms with E-state index in [0.717, 1.165) is 37.2 Å². The fourth-order valence-corrected chi connectivity index (χ4v) is 10.4. The van der Waals surface area contributed by atoms with Gasteiger partial charge in [-0.1, -0.05) is 59.5 Å². The number of aliphatic hydroxyl groups excluding tert-OH is 3. The van der Waals surface area contributed by atoms with Crippen LogP contribution in [0.3, 0.4) is 0 Å². The van der Waals surface area contributed by atoms with Gasteiger partial charge in [0, 0.05) is 5.92 Å². The van der Waals surface area contributed by atoms with Crippen molar-refractivity contribution in [1.29, 1.82) is 0 Å². The highest BCUT2D eigenvalue weighted by molar-refractivity contribution is 7.46. The lowest BCUT2D eigenvalue weighted by molar-refractivity contribution is -0.312. The second kappa shape index (κ2) is 13.1. The Morgan fingerprint density at radius 2 is 1.70 bits per heavy atom. The van der Waals surface area contributed by atoms with Crippen molar-refractivity contribution in [3.63, 3.8) is 0 Å². The van der Waals surface area contributed by atoms with Crippen LogP contribution in [0, 0.1) is 46.3 Å². The van der Waals surface area contributed by atoms with Crippen LogP contribution in [-0.2, 0) is 23.4 Å². The first-order valence-electron chi connectivity index (χ1n) is 16.8. The molecule has 1 heterocycles. The van der Waals surface area contributed by atoms with Crippen molar-refractivity contribution in [1.82, 2.24) is 0 Å². The van der Waals surface area contributed by atoms with Crippen LogP contribution < -0.4 is 0 Å². The van der Waals surface area contributed by atoms with E-state index >= 15 is 0 Å². The molecule has 1 saturated heterocycles. The van der Waals surface area contributed by atoms with Gasteiger partial charge in [-0.2, -0.15) is 0 Å². The number of ether oxygens (including phenoxy) is 2. The molecule has 13 atom stereocenters. The number of allylic oxidation sites excluding steroid dienone is 1. The van der Waals surface area contributed by atoms with Gasteiger partial charge in [-0.05, 0) is 91.4 Å². The SMILES string of the molecule is CC(C)CCC[C@@H](C)[C@H]1CC[C@H]2[C@@H]3C(=O)C=C4C[C@@H](O[C@H]5O[C@H](COP(=O)(O)O)[C@H](O)[C@@H](O)[C@@H]5O)CC[C@]4(C)[C@H]3CC[C@]12C. The first kappa shape index (κ1) is 34.6. The fraction of sp³-hybridized carbons (Fsp3) is 0.909. The topological polar surface area (TPSA) is 163 Å². The Balaban J connectivity index is 1.26. The maximum absolute atomic E-state index is 13.9. The average molecular weight is 643 g/mol. The lowest BCUT2D eigenvalue weighted by Gasteiger charge is -2.58. The van der Waals surface area contributed by atoms with E-state index in [2.05, 4.69) is 39.1 Å². The number of rotatable bonds is 10. The van der Waals surface area contributed by atoms with Gasteiger partial charge in [0.2, 0.25) is 0 Å². The van der Waals surface area contributed by atoms with Gasteiger partial charge in [0.1, 0.15) is 24.4 Å². The van der Waals surface area contributed by atoms with Crippen LogP contribution >= 0.6 is 7.82 Å². The van der Waals surface area contributed by atoms with E-state index in [9.17, 15) is 24.7 Å². The van der Waals surface area contributed by atoms with Crippen molar-refractivity contribution in [2.75, 3.05) is 6.61 Å². The molecule has 4 fully saturated rings. The van der Waals surface area contributed by atoms with Crippen LogP contribution in [0.4, 0.5) is 0 Å². The minimum atomic E-state index is -4.83. The molecule has 5 rings (SSSR count). The van der Waals surface area contributed by atoms with E-state index < -0.39 is 45.1 Å². The van der Waals surface area contributed by atoms with Crippen LogP contribution in [0.1, 0.15) is 98.8 Å². The standard InChI is InChI=1S/C33H55O10P/c1-18(2)7-6-8-19(3)22-9-10-23-27-24(12-14-33(22,23)5)32(4)13-11-21(15-20(32)16-25(27)34)42-31-30(37)29(36)28(35)26(43-31)17-41-44(38,39)40/h16,18-19,21-24,26-31,35-37H,6-15,17H2,1-5H3,(H2,38,39,40)/t19-,21+,22-,23+,24+,26-,27+,28+,29-,30+,31+,32+,33-/m1/s1. The highest BCUT2D eigenvalue weighted by Gasteiger charge is 2.61. The highest BCUT2D eigenvalue weighted by atomic mass is 31.2. The molecule has 0 amide bonds. The second-order valence-electron chi connectivity index (χ2n) is 15.6.